The second-order valence-corrected chi connectivity index (χ2v) is 6.00. The first kappa shape index (κ1) is 19.0. The largest absolute Gasteiger partial charge is 0.481 e. The van der Waals surface area contributed by atoms with Crippen molar-refractivity contribution in [3.8, 4) is 11.8 Å². The molecule has 6 heteroatoms. The number of nitrogens with zero attached hydrogens (tertiary/aromatic N) is 1. The lowest BCUT2D eigenvalue weighted by Gasteiger charge is -2.15. The molecule has 2 N–H and O–H groups in total. The fraction of sp³-hybridized carbons (Fsp3) is 0.250. The van der Waals surface area contributed by atoms with Crippen LogP contribution in [0.15, 0.2) is 48.5 Å². The smallest absolute Gasteiger partial charge is 0.306 e. The van der Waals surface area contributed by atoms with Gasteiger partial charge in [-0.1, -0.05) is 31.2 Å². The zero-order chi connectivity index (χ0) is 19.1. The number of amides is 1. The zero-order valence-corrected chi connectivity index (χ0v) is 14.6. The van der Waals surface area contributed by atoms with Gasteiger partial charge in [0.2, 0.25) is 0 Å². The first-order chi connectivity index (χ1) is 12.4. The number of hydrogen-bond donors (Lipinski definition) is 2. The Bertz CT molecular complexity index is 824. The highest BCUT2D eigenvalue weighted by Crippen LogP contribution is 2.19. The van der Waals surface area contributed by atoms with E-state index in [-0.39, 0.29) is 5.91 Å². The third kappa shape index (κ3) is 5.08. The standard InChI is InChI=1S/C20H20N2O4/c1-13(20(24)25)11-15-7-9-17(10-8-15)22-19(23)14(2)26-18-6-4-3-5-16(18)12-21/h3-10,13-14H,11H2,1-2H3,(H,22,23)(H,24,25). The molecule has 2 aromatic carbocycles. The van der Waals surface area contributed by atoms with Gasteiger partial charge in [0, 0.05) is 5.69 Å². The molecule has 6 nitrogen and oxygen atoms in total. The summed E-state index contributed by atoms with van der Waals surface area (Å²) in [5.41, 5.74) is 1.83. The number of benzene rings is 2. The zero-order valence-electron chi connectivity index (χ0n) is 14.6. The lowest BCUT2D eigenvalue weighted by Crippen LogP contribution is -2.30. The van der Waals surface area contributed by atoms with Crippen LogP contribution in [-0.2, 0) is 16.0 Å². The summed E-state index contributed by atoms with van der Waals surface area (Å²) in [6.45, 7) is 3.25. The van der Waals surface area contributed by atoms with Crippen molar-refractivity contribution in [1.29, 1.82) is 5.26 Å². The van der Waals surface area contributed by atoms with Crippen LogP contribution in [0.2, 0.25) is 0 Å². The van der Waals surface area contributed by atoms with Gasteiger partial charge in [-0.15, -0.1) is 0 Å². The van der Waals surface area contributed by atoms with E-state index >= 15 is 0 Å². The van der Waals surface area contributed by atoms with Crippen molar-refractivity contribution >= 4 is 17.6 Å². The third-order valence-electron chi connectivity index (χ3n) is 3.87. The van der Waals surface area contributed by atoms with E-state index in [9.17, 15) is 9.59 Å². The maximum atomic E-state index is 12.3. The van der Waals surface area contributed by atoms with E-state index in [0.717, 1.165) is 5.56 Å². The molecule has 2 rings (SSSR count). The van der Waals surface area contributed by atoms with Gasteiger partial charge in [0.15, 0.2) is 6.10 Å². The quantitative estimate of drug-likeness (QED) is 0.797. The Morgan fingerprint density at radius 3 is 2.42 bits per heavy atom. The molecule has 2 atom stereocenters. The fourth-order valence-corrected chi connectivity index (χ4v) is 2.31. The SMILES string of the molecule is CC(Cc1ccc(NC(=O)C(C)Oc2ccccc2C#N)cc1)C(=O)O. The van der Waals surface area contributed by atoms with Gasteiger partial charge in [-0.05, 0) is 43.2 Å². The summed E-state index contributed by atoms with van der Waals surface area (Å²) < 4.78 is 5.57. The number of aliphatic carboxylic acids is 1. The molecule has 0 aliphatic carbocycles. The molecule has 0 aliphatic heterocycles. The number of carboxylic acids is 1. The molecule has 0 spiro atoms. The number of carboxylic acid groups (broad SMARTS) is 1. The summed E-state index contributed by atoms with van der Waals surface area (Å²) in [7, 11) is 0. The molecular weight excluding hydrogens is 332 g/mol. The molecule has 0 heterocycles. The van der Waals surface area contributed by atoms with E-state index < -0.39 is 18.0 Å². The molecular formula is C20H20N2O4. The lowest BCUT2D eigenvalue weighted by atomic mass is 10.0. The Kier molecular flexibility index (Phi) is 6.34. The molecule has 0 aliphatic rings. The van der Waals surface area contributed by atoms with Crippen LogP contribution in [-0.4, -0.2) is 23.1 Å². The molecule has 0 aromatic heterocycles. The third-order valence-corrected chi connectivity index (χ3v) is 3.87. The van der Waals surface area contributed by atoms with Crippen molar-refractivity contribution < 1.29 is 19.4 Å². The average Bonchev–Trinajstić information content (AvgIpc) is 2.63. The van der Waals surface area contributed by atoms with Gasteiger partial charge in [0.1, 0.15) is 11.8 Å². The van der Waals surface area contributed by atoms with Crippen LogP contribution in [0.3, 0.4) is 0 Å². The van der Waals surface area contributed by atoms with Crippen molar-refractivity contribution in [3.63, 3.8) is 0 Å². The van der Waals surface area contributed by atoms with Gasteiger partial charge in [0.25, 0.3) is 5.91 Å². The molecule has 2 unspecified atom stereocenters. The number of para-hydroxylation sites is 1. The maximum Gasteiger partial charge on any atom is 0.306 e. The highest BCUT2D eigenvalue weighted by molar-refractivity contribution is 5.94. The predicted octanol–water partition coefficient (Wildman–Crippen LogP) is 3.23. The van der Waals surface area contributed by atoms with Crippen LogP contribution in [0.1, 0.15) is 25.0 Å². The number of nitrogens with one attached hydrogen (secondary N) is 1. The Balaban J connectivity index is 1.96. The van der Waals surface area contributed by atoms with Gasteiger partial charge in [-0.25, -0.2) is 0 Å². The van der Waals surface area contributed by atoms with Crippen LogP contribution in [0, 0.1) is 17.2 Å². The molecule has 0 fully saturated rings. The van der Waals surface area contributed by atoms with Crippen molar-refractivity contribution in [3.05, 3.63) is 59.7 Å². The lowest BCUT2D eigenvalue weighted by molar-refractivity contribution is -0.141. The number of ether oxygens (including phenoxy) is 1. The highest BCUT2D eigenvalue weighted by atomic mass is 16.5. The van der Waals surface area contributed by atoms with Crippen molar-refractivity contribution in [1.82, 2.24) is 0 Å². The minimum atomic E-state index is -0.842. The molecule has 26 heavy (non-hydrogen) atoms. The maximum absolute atomic E-state index is 12.3. The van der Waals surface area contributed by atoms with E-state index in [4.69, 9.17) is 15.1 Å². The number of hydrogen-bond acceptors (Lipinski definition) is 4. The van der Waals surface area contributed by atoms with Crippen LogP contribution < -0.4 is 10.1 Å². The van der Waals surface area contributed by atoms with E-state index in [0.29, 0.717) is 23.4 Å². The predicted molar refractivity (Wildman–Crippen MR) is 96.8 cm³/mol. The molecule has 0 saturated carbocycles. The Morgan fingerprint density at radius 2 is 1.81 bits per heavy atom. The summed E-state index contributed by atoms with van der Waals surface area (Å²) in [4.78, 5) is 23.2. The number of rotatable bonds is 7. The molecule has 2 aromatic rings. The van der Waals surface area contributed by atoms with Gasteiger partial charge >= 0.3 is 5.97 Å². The van der Waals surface area contributed by atoms with Crippen LogP contribution in [0.5, 0.6) is 5.75 Å². The minimum absolute atomic E-state index is 0.343. The topological polar surface area (TPSA) is 99.4 Å². The normalized spacial score (nSPS) is 12.5. The first-order valence-electron chi connectivity index (χ1n) is 8.19. The van der Waals surface area contributed by atoms with E-state index in [1.807, 2.05) is 6.07 Å². The monoisotopic (exact) mass is 352 g/mol. The summed E-state index contributed by atoms with van der Waals surface area (Å²) in [5.74, 6) is -1.30. The fourth-order valence-electron chi connectivity index (χ4n) is 2.31. The van der Waals surface area contributed by atoms with E-state index in [1.54, 1.807) is 62.4 Å². The minimum Gasteiger partial charge on any atom is -0.481 e. The van der Waals surface area contributed by atoms with Crippen LogP contribution >= 0.6 is 0 Å². The summed E-state index contributed by atoms with van der Waals surface area (Å²) in [6, 6.07) is 15.7. The number of carbonyl (C=O) groups is 2. The second kappa shape index (κ2) is 8.67. The Labute approximate surface area is 152 Å². The molecule has 134 valence electrons. The molecule has 0 saturated heterocycles. The molecule has 0 radical (unpaired) electrons. The first-order valence-corrected chi connectivity index (χ1v) is 8.19. The van der Waals surface area contributed by atoms with Crippen molar-refractivity contribution in [2.24, 2.45) is 5.92 Å². The van der Waals surface area contributed by atoms with Gasteiger partial charge in [-0.3, -0.25) is 9.59 Å². The number of anilines is 1. The number of carbonyl (C=O) groups excluding carboxylic acids is 1. The van der Waals surface area contributed by atoms with E-state index in [2.05, 4.69) is 5.32 Å². The average molecular weight is 352 g/mol. The van der Waals surface area contributed by atoms with Crippen molar-refractivity contribution in [2.45, 2.75) is 26.4 Å². The van der Waals surface area contributed by atoms with E-state index in [1.165, 1.54) is 0 Å². The van der Waals surface area contributed by atoms with Gasteiger partial charge in [0.05, 0.1) is 11.5 Å². The summed E-state index contributed by atoms with van der Waals surface area (Å²) >= 11 is 0. The van der Waals surface area contributed by atoms with Crippen LogP contribution in [0.25, 0.3) is 0 Å². The summed E-state index contributed by atoms with van der Waals surface area (Å²) in [5, 5.41) is 20.7. The number of nitriles is 1. The van der Waals surface area contributed by atoms with Crippen molar-refractivity contribution in [2.75, 3.05) is 5.32 Å². The summed E-state index contributed by atoms with van der Waals surface area (Å²) in [6.07, 6.45) is -0.357. The molecule has 0 bridgehead atoms. The highest BCUT2D eigenvalue weighted by Gasteiger charge is 2.17. The van der Waals surface area contributed by atoms with Crippen LogP contribution in [0.4, 0.5) is 5.69 Å². The van der Waals surface area contributed by atoms with Gasteiger partial charge < -0.3 is 15.2 Å². The Morgan fingerprint density at radius 1 is 1.15 bits per heavy atom. The Hall–Kier alpha value is -3.33. The molecule has 1 amide bonds. The second-order valence-electron chi connectivity index (χ2n) is 6.00. The van der Waals surface area contributed by atoms with Gasteiger partial charge in [-0.2, -0.15) is 5.26 Å².